The molecule has 0 aliphatic carbocycles. The molecule has 2 N–H and O–H groups in total. The third-order valence-electron chi connectivity index (χ3n) is 4.83. The van der Waals surface area contributed by atoms with Crippen LogP contribution in [0.25, 0.3) is 10.9 Å². The van der Waals surface area contributed by atoms with Crippen LogP contribution in [-0.4, -0.2) is 69.3 Å². The second kappa shape index (κ2) is 5.37. The van der Waals surface area contributed by atoms with E-state index in [1.165, 1.54) is 12.8 Å². The summed E-state index contributed by atoms with van der Waals surface area (Å²) in [5, 5.41) is 18.2. The predicted molar refractivity (Wildman–Crippen MR) is 82.6 cm³/mol. The van der Waals surface area contributed by atoms with E-state index in [0.29, 0.717) is 18.8 Å². The van der Waals surface area contributed by atoms with E-state index in [-0.39, 0.29) is 11.9 Å². The molecule has 6 nitrogen and oxygen atoms in total. The minimum absolute atomic E-state index is 0.0663. The number of β-amino-alcohol motifs (C(OH)–C–C–N with tert-alkyl or cyclic N) is 1. The number of nitrogens with one attached hydrogen (secondary N) is 1. The lowest BCUT2D eigenvalue weighted by atomic mass is 10.2. The highest BCUT2D eigenvalue weighted by Crippen LogP contribution is 2.24. The third kappa shape index (κ3) is 2.19. The fourth-order valence-corrected chi connectivity index (χ4v) is 3.64. The zero-order chi connectivity index (χ0) is 15.1. The molecule has 2 aromatic rings. The Hall–Kier alpha value is -1.92. The molecule has 2 aliphatic heterocycles. The van der Waals surface area contributed by atoms with Crippen LogP contribution in [0.4, 0.5) is 0 Å². The number of hydrogen-bond acceptors (Lipinski definition) is 4. The van der Waals surface area contributed by atoms with Crippen molar-refractivity contribution in [3.63, 3.8) is 0 Å². The van der Waals surface area contributed by atoms with Gasteiger partial charge in [0.1, 0.15) is 0 Å². The highest BCUT2D eigenvalue weighted by atomic mass is 16.3. The number of rotatable bonds is 2. The highest BCUT2D eigenvalue weighted by Gasteiger charge is 2.39. The van der Waals surface area contributed by atoms with Gasteiger partial charge < -0.3 is 10.0 Å². The summed E-state index contributed by atoms with van der Waals surface area (Å²) in [6.45, 7) is 3.02. The standard InChI is InChI=1S/C16H20N4O2/c21-14-10-20(9-13(14)19-7-3-4-8-19)16(22)15-11-5-1-2-6-12(11)17-18-15/h1-2,5-6,13-14,21H,3-4,7-10H2,(H,17,18)/t13-,14-/m1/s1. The normalized spacial score (nSPS) is 26.1. The number of amides is 1. The van der Waals surface area contributed by atoms with Crippen molar-refractivity contribution in [3.8, 4) is 0 Å². The third-order valence-corrected chi connectivity index (χ3v) is 4.83. The summed E-state index contributed by atoms with van der Waals surface area (Å²) in [6, 6.07) is 7.69. The Morgan fingerprint density at radius 3 is 2.82 bits per heavy atom. The van der Waals surface area contributed by atoms with E-state index in [4.69, 9.17) is 0 Å². The zero-order valence-electron chi connectivity index (χ0n) is 12.4. The number of hydrogen-bond donors (Lipinski definition) is 2. The lowest BCUT2D eigenvalue weighted by Gasteiger charge is -2.25. The Labute approximate surface area is 128 Å². The van der Waals surface area contributed by atoms with Crippen LogP contribution in [0.2, 0.25) is 0 Å². The Morgan fingerprint density at radius 2 is 2.00 bits per heavy atom. The molecule has 1 aromatic heterocycles. The number of aliphatic hydroxyl groups excluding tert-OH is 1. The van der Waals surface area contributed by atoms with Crippen LogP contribution in [0.15, 0.2) is 24.3 Å². The van der Waals surface area contributed by atoms with Gasteiger partial charge in [-0.25, -0.2) is 0 Å². The smallest absolute Gasteiger partial charge is 0.275 e. The quantitative estimate of drug-likeness (QED) is 0.862. The highest BCUT2D eigenvalue weighted by molar-refractivity contribution is 6.04. The number of aromatic nitrogens is 2. The SMILES string of the molecule is O=C(c1n[nH]c2ccccc12)N1C[C@@H](O)[C@H](N2CCCC2)C1. The number of likely N-dealkylation sites (tertiary alicyclic amines) is 2. The molecule has 0 unspecified atom stereocenters. The van der Waals surface area contributed by atoms with Crippen LogP contribution in [-0.2, 0) is 0 Å². The van der Waals surface area contributed by atoms with Gasteiger partial charge in [0, 0.05) is 18.5 Å². The van der Waals surface area contributed by atoms with Crippen molar-refractivity contribution in [1.82, 2.24) is 20.0 Å². The van der Waals surface area contributed by atoms with Gasteiger partial charge in [0.25, 0.3) is 5.91 Å². The van der Waals surface area contributed by atoms with Gasteiger partial charge in [-0.15, -0.1) is 0 Å². The molecule has 0 spiro atoms. The largest absolute Gasteiger partial charge is 0.390 e. The van der Waals surface area contributed by atoms with Gasteiger partial charge in [0.15, 0.2) is 5.69 Å². The molecule has 0 radical (unpaired) electrons. The van der Waals surface area contributed by atoms with E-state index in [9.17, 15) is 9.90 Å². The number of carbonyl (C=O) groups is 1. The van der Waals surface area contributed by atoms with Gasteiger partial charge >= 0.3 is 0 Å². The fraction of sp³-hybridized carbons (Fsp3) is 0.500. The molecule has 2 saturated heterocycles. The molecule has 0 bridgehead atoms. The molecule has 116 valence electrons. The van der Waals surface area contributed by atoms with Crippen molar-refractivity contribution in [2.45, 2.75) is 25.0 Å². The van der Waals surface area contributed by atoms with Gasteiger partial charge in [-0.1, -0.05) is 18.2 Å². The zero-order valence-corrected chi connectivity index (χ0v) is 12.4. The molecule has 2 fully saturated rings. The summed E-state index contributed by atoms with van der Waals surface area (Å²) in [5.74, 6) is -0.0989. The minimum atomic E-state index is -0.466. The van der Waals surface area contributed by atoms with Crippen LogP contribution >= 0.6 is 0 Å². The molecule has 4 rings (SSSR count). The molecule has 22 heavy (non-hydrogen) atoms. The van der Waals surface area contributed by atoms with Gasteiger partial charge in [0.2, 0.25) is 0 Å². The maximum absolute atomic E-state index is 12.7. The Bertz CT molecular complexity index is 692. The van der Waals surface area contributed by atoms with Gasteiger partial charge in [0.05, 0.1) is 17.7 Å². The van der Waals surface area contributed by atoms with Crippen LogP contribution in [0.5, 0.6) is 0 Å². The monoisotopic (exact) mass is 300 g/mol. The van der Waals surface area contributed by atoms with Crippen molar-refractivity contribution in [2.75, 3.05) is 26.2 Å². The molecule has 1 aromatic carbocycles. The molecular weight excluding hydrogens is 280 g/mol. The van der Waals surface area contributed by atoms with Crippen LogP contribution in [0, 0.1) is 0 Å². The van der Waals surface area contributed by atoms with Gasteiger partial charge in [-0.05, 0) is 32.0 Å². The van der Waals surface area contributed by atoms with Crippen molar-refractivity contribution in [3.05, 3.63) is 30.0 Å². The lowest BCUT2D eigenvalue weighted by Crippen LogP contribution is -2.41. The summed E-state index contributed by atoms with van der Waals surface area (Å²) in [5.41, 5.74) is 1.31. The predicted octanol–water partition coefficient (Wildman–Crippen LogP) is 0.844. The molecule has 0 saturated carbocycles. The lowest BCUT2D eigenvalue weighted by molar-refractivity contribution is 0.0759. The maximum atomic E-state index is 12.7. The van der Waals surface area contributed by atoms with Crippen LogP contribution < -0.4 is 0 Å². The van der Waals surface area contributed by atoms with Gasteiger partial charge in [-0.3, -0.25) is 14.8 Å². The number of nitrogens with zero attached hydrogens (tertiary/aromatic N) is 3. The van der Waals surface area contributed by atoms with E-state index in [1.807, 2.05) is 24.3 Å². The maximum Gasteiger partial charge on any atom is 0.275 e. The number of carbonyl (C=O) groups excluding carboxylic acids is 1. The number of H-pyrrole nitrogens is 1. The van der Waals surface area contributed by atoms with E-state index < -0.39 is 6.10 Å². The Kier molecular flexibility index (Phi) is 3.35. The Morgan fingerprint density at radius 1 is 1.23 bits per heavy atom. The number of fused-ring (bicyclic) bond motifs is 1. The van der Waals surface area contributed by atoms with E-state index >= 15 is 0 Å². The van der Waals surface area contributed by atoms with Crippen LogP contribution in [0.3, 0.4) is 0 Å². The first-order valence-electron chi connectivity index (χ1n) is 7.88. The molecule has 1 amide bonds. The second-order valence-corrected chi connectivity index (χ2v) is 6.21. The van der Waals surface area contributed by atoms with E-state index in [1.54, 1.807) is 4.90 Å². The first-order chi connectivity index (χ1) is 10.7. The number of para-hydroxylation sites is 1. The average Bonchev–Trinajstić information content (AvgIpc) is 3.25. The van der Waals surface area contributed by atoms with E-state index in [0.717, 1.165) is 24.0 Å². The molecule has 3 heterocycles. The topological polar surface area (TPSA) is 72.5 Å². The summed E-state index contributed by atoms with van der Waals surface area (Å²) in [6.07, 6.45) is 1.90. The van der Waals surface area contributed by atoms with Crippen molar-refractivity contribution < 1.29 is 9.90 Å². The molecule has 2 atom stereocenters. The summed E-state index contributed by atoms with van der Waals surface area (Å²) >= 11 is 0. The van der Waals surface area contributed by atoms with Crippen molar-refractivity contribution in [1.29, 1.82) is 0 Å². The van der Waals surface area contributed by atoms with Gasteiger partial charge in [-0.2, -0.15) is 5.10 Å². The first-order valence-corrected chi connectivity index (χ1v) is 7.88. The van der Waals surface area contributed by atoms with Crippen molar-refractivity contribution in [2.24, 2.45) is 0 Å². The van der Waals surface area contributed by atoms with Crippen LogP contribution in [0.1, 0.15) is 23.3 Å². The average molecular weight is 300 g/mol. The summed E-state index contributed by atoms with van der Waals surface area (Å²) in [4.78, 5) is 16.8. The van der Waals surface area contributed by atoms with E-state index in [2.05, 4.69) is 15.1 Å². The molecular formula is C16H20N4O2. The minimum Gasteiger partial charge on any atom is -0.390 e. The second-order valence-electron chi connectivity index (χ2n) is 6.21. The summed E-state index contributed by atoms with van der Waals surface area (Å²) in [7, 11) is 0. The Balaban J connectivity index is 1.56. The summed E-state index contributed by atoms with van der Waals surface area (Å²) < 4.78 is 0. The molecule has 2 aliphatic rings. The number of aromatic amines is 1. The fourth-order valence-electron chi connectivity index (χ4n) is 3.64. The number of benzene rings is 1. The molecule has 6 heteroatoms. The van der Waals surface area contributed by atoms with Crippen molar-refractivity contribution >= 4 is 16.8 Å². The first kappa shape index (κ1) is 13.7. The number of aliphatic hydroxyl groups is 1.